The largest absolute Gasteiger partial charge is 0.370 e. The predicted molar refractivity (Wildman–Crippen MR) is 105 cm³/mol. The molecule has 0 atom stereocenters. The first-order chi connectivity index (χ1) is 11.8. The Morgan fingerprint density at radius 1 is 0.800 bits per heavy atom. The Balaban J connectivity index is 1.72. The van der Waals surface area contributed by atoms with E-state index in [2.05, 4.69) is 9.80 Å². The Bertz CT molecular complexity index is 854. The van der Waals surface area contributed by atoms with E-state index in [-0.39, 0.29) is 0 Å². The number of anilines is 2. The maximum atomic E-state index is 11.6. The summed E-state index contributed by atoms with van der Waals surface area (Å²) in [5.74, 6) is 0. The van der Waals surface area contributed by atoms with Crippen LogP contribution in [-0.2, 0) is 9.84 Å². The molecule has 134 valence electrons. The number of halogens is 2. The first-order valence-electron chi connectivity index (χ1n) is 8.10. The summed E-state index contributed by atoms with van der Waals surface area (Å²) >= 11 is 12.1. The van der Waals surface area contributed by atoms with E-state index in [1.54, 1.807) is 12.1 Å². The standard InChI is InChI=1S/C18H20Cl2N2O2S/c1-25(23,24)16-6-3-14(4-7-16)21-9-2-10-22(12-11-21)15-5-8-17(19)18(20)13-15/h3-8,13H,2,9-12H2,1H3. The summed E-state index contributed by atoms with van der Waals surface area (Å²) in [5.41, 5.74) is 2.12. The van der Waals surface area contributed by atoms with E-state index in [0.29, 0.717) is 14.9 Å². The SMILES string of the molecule is CS(=O)(=O)c1ccc(N2CCCN(c3ccc(Cl)c(Cl)c3)CC2)cc1. The van der Waals surface area contributed by atoms with Gasteiger partial charge in [-0.25, -0.2) is 8.42 Å². The minimum atomic E-state index is -3.16. The first-order valence-corrected chi connectivity index (χ1v) is 10.7. The van der Waals surface area contributed by atoms with Crippen molar-refractivity contribution in [3.05, 3.63) is 52.5 Å². The summed E-state index contributed by atoms with van der Waals surface area (Å²) in [6, 6.07) is 12.8. The second kappa shape index (κ2) is 7.44. The molecule has 1 heterocycles. The first kappa shape index (κ1) is 18.4. The van der Waals surface area contributed by atoms with Gasteiger partial charge in [-0.3, -0.25) is 0 Å². The molecule has 0 unspecified atom stereocenters. The van der Waals surface area contributed by atoms with Crippen LogP contribution in [0.4, 0.5) is 11.4 Å². The highest BCUT2D eigenvalue weighted by molar-refractivity contribution is 7.90. The fraction of sp³-hybridized carbons (Fsp3) is 0.333. The smallest absolute Gasteiger partial charge is 0.175 e. The quantitative estimate of drug-likeness (QED) is 0.779. The van der Waals surface area contributed by atoms with E-state index >= 15 is 0 Å². The molecule has 1 aliphatic heterocycles. The van der Waals surface area contributed by atoms with Crippen molar-refractivity contribution in [1.82, 2.24) is 0 Å². The van der Waals surface area contributed by atoms with E-state index in [9.17, 15) is 8.42 Å². The summed E-state index contributed by atoms with van der Waals surface area (Å²) in [6.45, 7) is 3.59. The average molecular weight is 399 g/mol. The van der Waals surface area contributed by atoms with Crippen LogP contribution in [0.15, 0.2) is 47.4 Å². The van der Waals surface area contributed by atoms with Crippen LogP contribution in [0.5, 0.6) is 0 Å². The van der Waals surface area contributed by atoms with Crippen molar-refractivity contribution in [2.45, 2.75) is 11.3 Å². The van der Waals surface area contributed by atoms with Gasteiger partial charge in [-0.2, -0.15) is 0 Å². The zero-order valence-corrected chi connectivity index (χ0v) is 16.3. The summed E-state index contributed by atoms with van der Waals surface area (Å²) in [6.07, 6.45) is 2.23. The van der Waals surface area contributed by atoms with Crippen LogP contribution in [0.1, 0.15) is 6.42 Å². The third kappa shape index (κ3) is 4.40. The molecule has 4 nitrogen and oxygen atoms in total. The third-order valence-corrected chi connectivity index (χ3v) is 6.26. The van der Waals surface area contributed by atoms with E-state index in [1.807, 2.05) is 30.3 Å². The molecular formula is C18H20Cl2N2O2S. The van der Waals surface area contributed by atoms with Crippen molar-refractivity contribution < 1.29 is 8.42 Å². The molecule has 3 rings (SSSR count). The lowest BCUT2D eigenvalue weighted by Gasteiger charge is -2.25. The van der Waals surface area contributed by atoms with Crippen molar-refractivity contribution in [3.63, 3.8) is 0 Å². The molecule has 0 N–H and O–H groups in total. The molecule has 0 bridgehead atoms. The second-order valence-corrected chi connectivity index (χ2v) is 9.02. The number of hydrogen-bond acceptors (Lipinski definition) is 4. The van der Waals surface area contributed by atoms with Crippen molar-refractivity contribution in [3.8, 4) is 0 Å². The number of nitrogens with zero attached hydrogens (tertiary/aromatic N) is 2. The molecule has 0 aliphatic carbocycles. The lowest BCUT2D eigenvalue weighted by molar-refractivity contribution is 0.602. The van der Waals surface area contributed by atoms with Gasteiger partial charge in [0, 0.05) is 43.8 Å². The summed E-state index contributed by atoms with van der Waals surface area (Å²) in [5, 5.41) is 1.13. The Labute approximate surface area is 158 Å². The van der Waals surface area contributed by atoms with Crippen LogP contribution in [0.25, 0.3) is 0 Å². The van der Waals surface area contributed by atoms with Crippen LogP contribution in [0.3, 0.4) is 0 Å². The van der Waals surface area contributed by atoms with Gasteiger partial charge in [-0.1, -0.05) is 23.2 Å². The maximum absolute atomic E-state index is 11.6. The summed E-state index contributed by atoms with van der Waals surface area (Å²) in [7, 11) is -3.16. The number of rotatable bonds is 3. The molecule has 2 aromatic carbocycles. The summed E-state index contributed by atoms with van der Waals surface area (Å²) in [4.78, 5) is 4.93. The van der Waals surface area contributed by atoms with Crippen molar-refractivity contribution in [1.29, 1.82) is 0 Å². The highest BCUT2D eigenvalue weighted by Crippen LogP contribution is 2.28. The predicted octanol–water partition coefficient (Wildman–Crippen LogP) is 4.11. The molecule has 1 saturated heterocycles. The van der Waals surface area contributed by atoms with Crippen LogP contribution in [-0.4, -0.2) is 40.9 Å². The van der Waals surface area contributed by atoms with Crippen molar-refractivity contribution in [2.24, 2.45) is 0 Å². The zero-order valence-electron chi connectivity index (χ0n) is 14.0. The Morgan fingerprint density at radius 2 is 1.36 bits per heavy atom. The molecule has 7 heteroatoms. The molecule has 1 aliphatic rings. The van der Waals surface area contributed by atoms with E-state index in [1.165, 1.54) is 6.26 Å². The van der Waals surface area contributed by atoms with Gasteiger partial charge >= 0.3 is 0 Å². The van der Waals surface area contributed by atoms with Gasteiger partial charge in [0.2, 0.25) is 0 Å². The van der Waals surface area contributed by atoms with Crippen LogP contribution < -0.4 is 9.80 Å². The van der Waals surface area contributed by atoms with E-state index in [0.717, 1.165) is 44.0 Å². The minimum absolute atomic E-state index is 0.350. The summed E-state index contributed by atoms with van der Waals surface area (Å²) < 4.78 is 23.2. The molecule has 0 amide bonds. The van der Waals surface area contributed by atoms with Crippen molar-refractivity contribution in [2.75, 3.05) is 42.2 Å². The Kier molecular flexibility index (Phi) is 5.46. The van der Waals surface area contributed by atoms with Gasteiger partial charge < -0.3 is 9.80 Å². The van der Waals surface area contributed by atoms with E-state index < -0.39 is 9.84 Å². The monoisotopic (exact) mass is 398 g/mol. The molecular weight excluding hydrogens is 379 g/mol. The normalized spacial score (nSPS) is 16.0. The number of sulfone groups is 1. The van der Waals surface area contributed by atoms with Crippen molar-refractivity contribution >= 4 is 44.4 Å². The van der Waals surface area contributed by atoms with Crippen LogP contribution in [0, 0.1) is 0 Å². The molecule has 0 radical (unpaired) electrons. The van der Waals surface area contributed by atoms with Gasteiger partial charge in [0.05, 0.1) is 14.9 Å². The topological polar surface area (TPSA) is 40.6 Å². The highest BCUT2D eigenvalue weighted by Gasteiger charge is 2.17. The van der Waals surface area contributed by atoms with Gasteiger partial charge in [-0.15, -0.1) is 0 Å². The second-order valence-electron chi connectivity index (χ2n) is 6.19. The molecule has 0 saturated carbocycles. The number of hydrogen-bond donors (Lipinski definition) is 0. The lowest BCUT2D eigenvalue weighted by atomic mass is 10.2. The molecule has 0 spiro atoms. The highest BCUT2D eigenvalue weighted by atomic mass is 35.5. The van der Waals surface area contributed by atoms with Gasteiger partial charge in [0.15, 0.2) is 9.84 Å². The van der Waals surface area contributed by atoms with Crippen LogP contribution >= 0.6 is 23.2 Å². The third-order valence-electron chi connectivity index (χ3n) is 4.39. The lowest BCUT2D eigenvalue weighted by Crippen LogP contribution is -2.30. The molecule has 1 fully saturated rings. The Hall–Kier alpha value is -1.43. The fourth-order valence-corrected chi connectivity index (χ4v) is 3.94. The van der Waals surface area contributed by atoms with Gasteiger partial charge in [0.25, 0.3) is 0 Å². The molecule has 25 heavy (non-hydrogen) atoms. The number of benzene rings is 2. The Morgan fingerprint density at radius 3 is 1.92 bits per heavy atom. The molecule has 0 aromatic heterocycles. The maximum Gasteiger partial charge on any atom is 0.175 e. The average Bonchev–Trinajstić information content (AvgIpc) is 2.83. The van der Waals surface area contributed by atoms with E-state index in [4.69, 9.17) is 23.2 Å². The molecule has 2 aromatic rings. The van der Waals surface area contributed by atoms with Crippen LogP contribution in [0.2, 0.25) is 10.0 Å². The van der Waals surface area contributed by atoms with Gasteiger partial charge in [-0.05, 0) is 48.9 Å². The zero-order chi connectivity index (χ0) is 18.0. The minimum Gasteiger partial charge on any atom is -0.370 e. The fourth-order valence-electron chi connectivity index (χ4n) is 3.02. The van der Waals surface area contributed by atoms with Gasteiger partial charge in [0.1, 0.15) is 0 Å².